The summed E-state index contributed by atoms with van der Waals surface area (Å²) in [7, 11) is 0. The number of likely N-dealkylation sites (tertiary alicyclic amines) is 1. The Hall–Kier alpha value is -0.570. The summed E-state index contributed by atoms with van der Waals surface area (Å²) in [6.07, 6.45) is 3.78. The molecule has 1 aliphatic carbocycles. The molecule has 2 fully saturated rings. The predicted octanol–water partition coefficient (Wildman–Crippen LogP) is 2.22. The third-order valence-corrected chi connectivity index (χ3v) is 4.14. The van der Waals surface area contributed by atoms with Crippen molar-refractivity contribution in [2.75, 3.05) is 13.1 Å². The van der Waals surface area contributed by atoms with E-state index in [1.54, 1.807) is 0 Å². The van der Waals surface area contributed by atoms with Crippen LogP contribution >= 0.6 is 0 Å². The van der Waals surface area contributed by atoms with E-state index in [2.05, 4.69) is 25.7 Å². The van der Waals surface area contributed by atoms with Crippen LogP contribution in [0.25, 0.3) is 0 Å². The molecule has 1 saturated heterocycles. The van der Waals surface area contributed by atoms with E-state index in [9.17, 15) is 4.79 Å². The molecule has 2 aliphatic rings. The van der Waals surface area contributed by atoms with Gasteiger partial charge in [-0.15, -0.1) is 0 Å². The number of nitrogens with zero attached hydrogens (tertiary/aromatic N) is 1. The normalized spacial score (nSPS) is 35.7. The van der Waals surface area contributed by atoms with Crippen LogP contribution in [0.1, 0.15) is 40.0 Å². The van der Waals surface area contributed by atoms with Crippen molar-refractivity contribution in [1.29, 1.82) is 0 Å². The largest absolute Gasteiger partial charge is 0.481 e. The van der Waals surface area contributed by atoms with Crippen molar-refractivity contribution in [2.24, 2.45) is 17.3 Å². The van der Waals surface area contributed by atoms with Crippen molar-refractivity contribution in [1.82, 2.24) is 4.90 Å². The highest BCUT2D eigenvalue weighted by atomic mass is 16.4. The van der Waals surface area contributed by atoms with Gasteiger partial charge < -0.3 is 5.11 Å². The molecule has 16 heavy (non-hydrogen) atoms. The number of carbonyl (C=O) groups is 1. The summed E-state index contributed by atoms with van der Waals surface area (Å²) in [5.74, 6) is 0.0392. The van der Waals surface area contributed by atoms with Crippen LogP contribution in [0.4, 0.5) is 0 Å². The summed E-state index contributed by atoms with van der Waals surface area (Å²) < 4.78 is 0. The maximum absolute atomic E-state index is 10.8. The minimum atomic E-state index is -0.626. The molecule has 3 nitrogen and oxygen atoms in total. The fourth-order valence-electron chi connectivity index (χ4n) is 3.54. The Labute approximate surface area is 97.8 Å². The van der Waals surface area contributed by atoms with Crippen LogP contribution in [0, 0.1) is 17.3 Å². The van der Waals surface area contributed by atoms with Gasteiger partial charge in [0.2, 0.25) is 0 Å². The van der Waals surface area contributed by atoms with E-state index in [1.165, 1.54) is 19.3 Å². The summed E-state index contributed by atoms with van der Waals surface area (Å²) in [6.45, 7) is 8.53. The van der Waals surface area contributed by atoms with Gasteiger partial charge in [-0.2, -0.15) is 0 Å². The molecule has 0 bridgehead atoms. The van der Waals surface area contributed by atoms with Crippen LogP contribution in [0.3, 0.4) is 0 Å². The molecule has 2 atom stereocenters. The van der Waals surface area contributed by atoms with Gasteiger partial charge in [0.05, 0.1) is 5.92 Å². The van der Waals surface area contributed by atoms with Gasteiger partial charge in [0, 0.05) is 19.1 Å². The van der Waals surface area contributed by atoms with Crippen LogP contribution in [0.2, 0.25) is 0 Å². The summed E-state index contributed by atoms with van der Waals surface area (Å²) in [5.41, 5.74) is 0.427. The number of carboxylic acids is 1. The molecule has 1 N–H and O–H groups in total. The van der Waals surface area contributed by atoms with Crippen LogP contribution in [0.15, 0.2) is 0 Å². The fourth-order valence-corrected chi connectivity index (χ4v) is 3.54. The third kappa shape index (κ3) is 2.40. The average molecular weight is 225 g/mol. The van der Waals surface area contributed by atoms with Gasteiger partial charge in [-0.3, -0.25) is 9.69 Å². The fraction of sp³-hybridized carbons (Fsp3) is 0.923. The number of rotatable bonds is 2. The molecule has 92 valence electrons. The zero-order valence-corrected chi connectivity index (χ0v) is 10.6. The molecule has 2 rings (SSSR count). The number of hydrogen-bond donors (Lipinski definition) is 1. The Bertz CT molecular complexity index is 282. The molecule has 1 aliphatic heterocycles. The lowest BCUT2D eigenvalue weighted by molar-refractivity contribution is -0.149. The third-order valence-electron chi connectivity index (χ3n) is 4.14. The highest BCUT2D eigenvalue weighted by Gasteiger charge is 2.41. The molecule has 1 heterocycles. The Balaban J connectivity index is 1.89. The first-order valence-electron chi connectivity index (χ1n) is 6.34. The second-order valence-corrected chi connectivity index (χ2v) is 6.56. The first-order valence-corrected chi connectivity index (χ1v) is 6.34. The Morgan fingerprint density at radius 3 is 2.44 bits per heavy atom. The van der Waals surface area contributed by atoms with Crippen LogP contribution in [-0.4, -0.2) is 35.1 Å². The van der Waals surface area contributed by atoms with Crippen LogP contribution in [0.5, 0.6) is 0 Å². The highest BCUT2D eigenvalue weighted by molar-refractivity contribution is 5.71. The molecule has 0 aromatic heterocycles. The van der Waals surface area contributed by atoms with Gasteiger partial charge in [0.1, 0.15) is 0 Å². The topological polar surface area (TPSA) is 40.5 Å². The Morgan fingerprint density at radius 1 is 1.31 bits per heavy atom. The van der Waals surface area contributed by atoms with Crippen molar-refractivity contribution in [2.45, 2.75) is 46.1 Å². The second-order valence-electron chi connectivity index (χ2n) is 6.56. The van der Waals surface area contributed by atoms with Crippen molar-refractivity contribution < 1.29 is 9.90 Å². The summed E-state index contributed by atoms with van der Waals surface area (Å²) >= 11 is 0. The van der Waals surface area contributed by atoms with Crippen LogP contribution in [-0.2, 0) is 4.79 Å². The molecule has 2 unspecified atom stereocenters. The zero-order chi connectivity index (χ0) is 11.9. The Morgan fingerprint density at radius 2 is 1.94 bits per heavy atom. The molecule has 3 heteroatoms. The number of carboxylic acid groups (broad SMARTS) is 1. The molecular formula is C13H23NO2. The molecular weight excluding hydrogens is 202 g/mol. The first-order chi connectivity index (χ1) is 7.37. The SMILES string of the molecule is CC1CC(N2CC(C(=O)O)C2)CC(C)(C)C1. The van der Waals surface area contributed by atoms with Gasteiger partial charge in [-0.1, -0.05) is 20.8 Å². The molecule has 0 spiro atoms. The zero-order valence-electron chi connectivity index (χ0n) is 10.6. The lowest BCUT2D eigenvalue weighted by Crippen LogP contribution is -2.57. The van der Waals surface area contributed by atoms with Crippen molar-refractivity contribution in [3.8, 4) is 0 Å². The monoisotopic (exact) mass is 225 g/mol. The van der Waals surface area contributed by atoms with E-state index in [-0.39, 0.29) is 5.92 Å². The van der Waals surface area contributed by atoms with E-state index in [0.717, 1.165) is 19.0 Å². The lowest BCUT2D eigenvalue weighted by Gasteiger charge is -2.49. The Kier molecular flexibility index (Phi) is 2.99. The number of aliphatic carboxylic acids is 1. The minimum absolute atomic E-state index is 0.111. The molecule has 0 aromatic carbocycles. The average Bonchev–Trinajstić information content (AvgIpc) is 1.94. The summed E-state index contributed by atoms with van der Waals surface area (Å²) in [6, 6.07) is 0.620. The summed E-state index contributed by atoms with van der Waals surface area (Å²) in [4.78, 5) is 13.1. The standard InChI is InChI=1S/C13H23NO2/c1-9-4-11(6-13(2,3)5-9)14-7-10(8-14)12(15)16/h9-11H,4-8H2,1-3H3,(H,15,16). The van der Waals surface area contributed by atoms with E-state index in [1.807, 2.05) is 0 Å². The minimum Gasteiger partial charge on any atom is -0.481 e. The van der Waals surface area contributed by atoms with Crippen molar-refractivity contribution in [3.63, 3.8) is 0 Å². The maximum Gasteiger partial charge on any atom is 0.309 e. The molecule has 1 saturated carbocycles. The smallest absolute Gasteiger partial charge is 0.309 e. The molecule has 0 radical (unpaired) electrons. The lowest BCUT2D eigenvalue weighted by atomic mass is 9.69. The van der Waals surface area contributed by atoms with Gasteiger partial charge in [0.25, 0.3) is 0 Å². The van der Waals surface area contributed by atoms with E-state index >= 15 is 0 Å². The van der Waals surface area contributed by atoms with Crippen molar-refractivity contribution in [3.05, 3.63) is 0 Å². The number of hydrogen-bond acceptors (Lipinski definition) is 2. The van der Waals surface area contributed by atoms with Gasteiger partial charge in [-0.25, -0.2) is 0 Å². The van der Waals surface area contributed by atoms with Gasteiger partial charge in [-0.05, 0) is 30.6 Å². The van der Waals surface area contributed by atoms with Crippen molar-refractivity contribution >= 4 is 5.97 Å². The quantitative estimate of drug-likeness (QED) is 0.783. The van der Waals surface area contributed by atoms with E-state index < -0.39 is 5.97 Å². The van der Waals surface area contributed by atoms with E-state index in [4.69, 9.17) is 5.11 Å². The maximum atomic E-state index is 10.8. The second kappa shape index (κ2) is 4.02. The van der Waals surface area contributed by atoms with Gasteiger partial charge >= 0.3 is 5.97 Å². The summed E-state index contributed by atoms with van der Waals surface area (Å²) in [5, 5.41) is 8.88. The highest BCUT2D eigenvalue weighted by Crippen LogP contribution is 2.41. The van der Waals surface area contributed by atoms with Crippen LogP contribution < -0.4 is 0 Å². The molecule has 0 aromatic rings. The van der Waals surface area contributed by atoms with Gasteiger partial charge in [0.15, 0.2) is 0 Å². The molecule has 0 amide bonds. The predicted molar refractivity (Wildman–Crippen MR) is 63.3 cm³/mol. The van der Waals surface area contributed by atoms with E-state index in [0.29, 0.717) is 11.5 Å². The first kappa shape index (κ1) is 11.9.